The molecule has 1 heterocycles. The number of benzene rings is 1. The molecule has 0 radical (unpaired) electrons. The molecule has 0 atom stereocenters. The molecular formula is C17H16N2OS. The van der Waals surface area contributed by atoms with Gasteiger partial charge in [0.1, 0.15) is 16.8 Å². The Balaban J connectivity index is 2.00. The van der Waals surface area contributed by atoms with Crippen molar-refractivity contribution >= 4 is 11.8 Å². The van der Waals surface area contributed by atoms with Crippen LogP contribution in [0.1, 0.15) is 29.7 Å². The molecule has 0 fully saturated rings. The Kier molecular flexibility index (Phi) is 4.12. The number of rotatable bonds is 3. The van der Waals surface area contributed by atoms with E-state index in [9.17, 15) is 5.26 Å². The minimum Gasteiger partial charge on any atom is -0.496 e. The summed E-state index contributed by atoms with van der Waals surface area (Å²) in [4.78, 5) is 5.73. The van der Waals surface area contributed by atoms with Gasteiger partial charge in [-0.3, -0.25) is 0 Å². The van der Waals surface area contributed by atoms with Gasteiger partial charge in [0, 0.05) is 5.69 Å². The molecule has 0 bridgehead atoms. The maximum atomic E-state index is 9.39. The summed E-state index contributed by atoms with van der Waals surface area (Å²) in [6.45, 7) is 0. The Hall–Kier alpha value is -1.99. The second-order valence-corrected chi connectivity index (χ2v) is 6.05. The molecule has 0 amide bonds. The summed E-state index contributed by atoms with van der Waals surface area (Å²) in [6, 6.07) is 12.1. The lowest BCUT2D eigenvalue weighted by Crippen LogP contribution is -2.07. The van der Waals surface area contributed by atoms with Gasteiger partial charge in [0.25, 0.3) is 0 Å². The first-order valence-corrected chi connectivity index (χ1v) is 7.87. The molecule has 0 spiro atoms. The summed E-state index contributed by atoms with van der Waals surface area (Å²) >= 11 is 1.50. The van der Waals surface area contributed by atoms with Crippen molar-refractivity contribution in [2.45, 2.75) is 35.6 Å². The first kappa shape index (κ1) is 14.0. The van der Waals surface area contributed by atoms with Crippen LogP contribution in [0.5, 0.6) is 5.75 Å². The van der Waals surface area contributed by atoms with Crippen molar-refractivity contribution in [3.8, 4) is 11.8 Å². The Labute approximate surface area is 129 Å². The van der Waals surface area contributed by atoms with Crippen LogP contribution in [0.2, 0.25) is 0 Å². The molecule has 1 aliphatic rings. The molecule has 1 aromatic carbocycles. The Morgan fingerprint density at radius 2 is 2.05 bits per heavy atom. The zero-order valence-electron chi connectivity index (χ0n) is 11.9. The van der Waals surface area contributed by atoms with Gasteiger partial charge in [0.05, 0.1) is 17.6 Å². The van der Waals surface area contributed by atoms with Crippen LogP contribution in [0.3, 0.4) is 0 Å². The van der Waals surface area contributed by atoms with Crippen LogP contribution in [-0.4, -0.2) is 12.1 Å². The molecule has 2 aromatic rings. The monoisotopic (exact) mass is 296 g/mol. The van der Waals surface area contributed by atoms with E-state index >= 15 is 0 Å². The van der Waals surface area contributed by atoms with Crippen LogP contribution < -0.4 is 4.74 Å². The van der Waals surface area contributed by atoms with Crippen LogP contribution in [0.15, 0.2) is 40.3 Å². The summed E-state index contributed by atoms with van der Waals surface area (Å²) < 4.78 is 5.37. The predicted molar refractivity (Wildman–Crippen MR) is 82.7 cm³/mol. The first-order chi connectivity index (χ1) is 10.3. The van der Waals surface area contributed by atoms with Crippen LogP contribution in [0.25, 0.3) is 0 Å². The van der Waals surface area contributed by atoms with E-state index in [0.29, 0.717) is 5.56 Å². The van der Waals surface area contributed by atoms with Gasteiger partial charge < -0.3 is 4.74 Å². The van der Waals surface area contributed by atoms with Gasteiger partial charge in [-0.2, -0.15) is 5.26 Å². The second kappa shape index (κ2) is 6.19. The predicted octanol–water partition coefficient (Wildman–Crippen LogP) is 3.99. The molecule has 0 unspecified atom stereocenters. The van der Waals surface area contributed by atoms with Gasteiger partial charge in [0.2, 0.25) is 0 Å². The number of methoxy groups -OCH3 is 1. The van der Waals surface area contributed by atoms with Crippen molar-refractivity contribution < 1.29 is 4.74 Å². The largest absolute Gasteiger partial charge is 0.496 e. The molecule has 3 nitrogen and oxygen atoms in total. The minimum atomic E-state index is 0.659. The minimum absolute atomic E-state index is 0.659. The summed E-state index contributed by atoms with van der Waals surface area (Å²) in [5, 5.41) is 10.2. The number of pyridine rings is 1. The Morgan fingerprint density at radius 3 is 2.86 bits per heavy atom. The zero-order valence-corrected chi connectivity index (χ0v) is 12.7. The van der Waals surface area contributed by atoms with Crippen molar-refractivity contribution in [3.05, 3.63) is 47.2 Å². The molecule has 106 valence electrons. The molecule has 0 saturated heterocycles. The topological polar surface area (TPSA) is 45.9 Å². The maximum Gasteiger partial charge on any atom is 0.132 e. The van der Waals surface area contributed by atoms with Crippen molar-refractivity contribution in [1.29, 1.82) is 5.26 Å². The average molecular weight is 296 g/mol. The maximum absolute atomic E-state index is 9.39. The number of hydrogen-bond donors (Lipinski definition) is 0. The quantitative estimate of drug-likeness (QED) is 0.859. The smallest absolute Gasteiger partial charge is 0.132 e. The molecule has 0 N–H and O–H groups in total. The highest BCUT2D eigenvalue weighted by molar-refractivity contribution is 7.99. The van der Waals surface area contributed by atoms with Gasteiger partial charge in [-0.1, -0.05) is 23.9 Å². The number of aryl methyl sites for hydroxylation is 2. The summed E-state index contributed by atoms with van der Waals surface area (Å²) in [5.74, 6) is 0.811. The highest BCUT2D eigenvalue weighted by Crippen LogP contribution is 2.36. The van der Waals surface area contributed by atoms with Gasteiger partial charge in [-0.25, -0.2) is 4.98 Å². The third-order valence-corrected chi connectivity index (χ3v) is 4.72. The van der Waals surface area contributed by atoms with E-state index in [1.54, 1.807) is 7.11 Å². The molecule has 0 saturated carbocycles. The molecular weight excluding hydrogens is 280 g/mol. The lowest BCUT2D eigenvalue weighted by molar-refractivity contribution is 0.405. The molecule has 1 aliphatic carbocycles. The van der Waals surface area contributed by atoms with Crippen LogP contribution in [0, 0.1) is 11.3 Å². The normalized spacial score (nSPS) is 13.3. The zero-order chi connectivity index (χ0) is 14.7. The molecule has 1 aromatic heterocycles. The van der Waals surface area contributed by atoms with E-state index in [1.807, 2.05) is 30.3 Å². The Morgan fingerprint density at radius 1 is 1.24 bits per heavy atom. The summed E-state index contributed by atoms with van der Waals surface area (Å²) in [6.07, 6.45) is 4.43. The highest BCUT2D eigenvalue weighted by atomic mass is 32.2. The number of ether oxygens (including phenoxy) is 1. The first-order valence-electron chi connectivity index (χ1n) is 7.05. The SMILES string of the molecule is COc1ccccc1Sc1nc2c(cc1C#N)CCCC2. The third kappa shape index (κ3) is 2.88. The number of para-hydroxylation sites is 1. The van der Waals surface area contributed by atoms with Gasteiger partial charge in [-0.05, 0) is 49.4 Å². The fraction of sp³-hybridized carbons (Fsp3) is 0.294. The van der Waals surface area contributed by atoms with E-state index in [0.717, 1.165) is 34.2 Å². The molecule has 21 heavy (non-hydrogen) atoms. The number of fused-ring (bicyclic) bond motifs is 1. The van der Waals surface area contributed by atoms with Crippen molar-refractivity contribution in [2.75, 3.05) is 7.11 Å². The van der Waals surface area contributed by atoms with Gasteiger partial charge >= 0.3 is 0 Å². The average Bonchev–Trinajstić information content (AvgIpc) is 2.54. The van der Waals surface area contributed by atoms with E-state index < -0.39 is 0 Å². The lowest BCUT2D eigenvalue weighted by atomic mass is 9.95. The highest BCUT2D eigenvalue weighted by Gasteiger charge is 2.16. The van der Waals surface area contributed by atoms with E-state index in [-0.39, 0.29) is 0 Å². The van der Waals surface area contributed by atoms with Crippen molar-refractivity contribution in [3.63, 3.8) is 0 Å². The van der Waals surface area contributed by atoms with Crippen LogP contribution >= 0.6 is 11.8 Å². The Bertz CT molecular complexity index is 706. The summed E-state index contributed by atoms with van der Waals surface area (Å²) in [5.41, 5.74) is 3.05. The number of nitriles is 1. The molecule has 4 heteroatoms. The summed E-state index contributed by atoms with van der Waals surface area (Å²) in [7, 11) is 1.66. The van der Waals surface area contributed by atoms with E-state index in [4.69, 9.17) is 9.72 Å². The lowest BCUT2D eigenvalue weighted by Gasteiger charge is -2.16. The van der Waals surface area contributed by atoms with E-state index in [2.05, 4.69) is 6.07 Å². The van der Waals surface area contributed by atoms with Crippen molar-refractivity contribution in [1.82, 2.24) is 4.98 Å². The van der Waals surface area contributed by atoms with Crippen LogP contribution in [0.4, 0.5) is 0 Å². The second-order valence-electron chi connectivity index (χ2n) is 5.02. The van der Waals surface area contributed by atoms with Gasteiger partial charge in [0.15, 0.2) is 0 Å². The number of hydrogen-bond acceptors (Lipinski definition) is 4. The standard InChI is InChI=1S/C17H16N2OS/c1-20-15-8-4-5-9-16(15)21-17-13(11-18)10-12-6-2-3-7-14(12)19-17/h4-5,8-10H,2-3,6-7H2,1H3. The fourth-order valence-corrected chi connectivity index (χ4v) is 3.56. The third-order valence-electron chi connectivity index (χ3n) is 3.66. The number of aromatic nitrogens is 1. The fourth-order valence-electron chi connectivity index (χ4n) is 2.58. The molecule has 0 aliphatic heterocycles. The molecule has 3 rings (SSSR count). The van der Waals surface area contributed by atoms with Gasteiger partial charge in [-0.15, -0.1) is 0 Å². The van der Waals surface area contributed by atoms with Crippen LogP contribution in [-0.2, 0) is 12.8 Å². The van der Waals surface area contributed by atoms with E-state index in [1.165, 1.54) is 30.2 Å². The van der Waals surface area contributed by atoms with Crippen molar-refractivity contribution in [2.24, 2.45) is 0 Å². The number of nitrogens with zero attached hydrogens (tertiary/aromatic N) is 2.